The second-order valence-electron chi connectivity index (χ2n) is 4.36. The number of alkyl halides is 6. The molecule has 0 radical (unpaired) electrons. The molecule has 106 valence electrons. The van der Waals surface area contributed by atoms with Gasteiger partial charge in [-0.1, -0.05) is 0 Å². The maximum Gasteiger partial charge on any atom is 0.409 e. The van der Waals surface area contributed by atoms with Gasteiger partial charge in [-0.25, -0.2) is 0 Å². The Kier molecular flexibility index (Phi) is 4.14. The lowest BCUT2D eigenvalue weighted by atomic mass is 9.81. The summed E-state index contributed by atoms with van der Waals surface area (Å²) in [6, 6.07) is -0.0899. The van der Waals surface area contributed by atoms with Gasteiger partial charge in [0.2, 0.25) is 11.8 Å². The summed E-state index contributed by atoms with van der Waals surface area (Å²) >= 11 is 0. The van der Waals surface area contributed by atoms with Crippen LogP contribution in [0, 0.1) is 11.8 Å². The van der Waals surface area contributed by atoms with Crippen LogP contribution in [-0.4, -0.2) is 30.8 Å². The number of rotatable bonds is 3. The Balaban J connectivity index is 2.55. The SMILES string of the molecule is NC1CC(CNC(=O)C(C(F)(F)F)C(F)(F)F)C1. The molecule has 9 heteroatoms. The summed E-state index contributed by atoms with van der Waals surface area (Å²) < 4.78 is 72.9. The summed E-state index contributed by atoms with van der Waals surface area (Å²) in [5.74, 6) is -6.18. The Morgan fingerprint density at radius 2 is 1.61 bits per heavy atom. The number of hydrogen-bond donors (Lipinski definition) is 2. The molecular weight excluding hydrogens is 266 g/mol. The number of nitrogens with one attached hydrogen (secondary N) is 1. The van der Waals surface area contributed by atoms with E-state index in [9.17, 15) is 31.1 Å². The predicted octanol–water partition coefficient (Wildman–Crippen LogP) is 1.58. The summed E-state index contributed by atoms with van der Waals surface area (Å²) in [5.41, 5.74) is 5.40. The van der Waals surface area contributed by atoms with Gasteiger partial charge in [-0.2, -0.15) is 26.3 Å². The minimum absolute atomic E-state index is 0.0899. The maximum absolute atomic E-state index is 12.1. The molecule has 0 aromatic rings. The van der Waals surface area contributed by atoms with Crippen LogP contribution in [0.1, 0.15) is 12.8 Å². The van der Waals surface area contributed by atoms with Gasteiger partial charge in [0.05, 0.1) is 0 Å². The van der Waals surface area contributed by atoms with Gasteiger partial charge in [0.25, 0.3) is 0 Å². The van der Waals surface area contributed by atoms with Gasteiger partial charge in [0.15, 0.2) is 0 Å². The topological polar surface area (TPSA) is 55.1 Å². The van der Waals surface area contributed by atoms with Crippen LogP contribution in [0.15, 0.2) is 0 Å². The fourth-order valence-electron chi connectivity index (χ4n) is 1.78. The third kappa shape index (κ3) is 3.76. The van der Waals surface area contributed by atoms with Crippen LogP contribution in [0.4, 0.5) is 26.3 Å². The summed E-state index contributed by atoms with van der Waals surface area (Å²) in [6.45, 7) is -0.213. The van der Waals surface area contributed by atoms with E-state index in [-0.39, 0.29) is 18.5 Å². The van der Waals surface area contributed by atoms with Crippen molar-refractivity contribution < 1.29 is 31.1 Å². The van der Waals surface area contributed by atoms with Crippen molar-refractivity contribution in [2.45, 2.75) is 31.2 Å². The minimum atomic E-state index is -5.64. The maximum atomic E-state index is 12.1. The van der Waals surface area contributed by atoms with Gasteiger partial charge in [0.1, 0.15) is 0 Å². The van der Waals surface area contributed by atoms with Crippen LogP contribution in [-0.2, 0) is 4.79 Å². The summed E-state index contributed by atoms with van der Waals surface area (Å²) in [5, 5.41) is 1.68. The molecule has 0 unspecified atom stereocenters. The summed E-state index contributed by atoms with van der Waals surface area (Å²) in [6.07, 6.45) is -10.3. The van der Waals surface area contributed by atoms with Crippen molar-refractivity contribution in [1.82, 2.24) is 5.32 Å². The van der Waals surface area contributed by atoms with E-state index in [4.69, 9.17) is 5.73 Å². The van der Waals surface area contributed by atoms with E-state index in [0.717, 1.165) is 0 Å². The van der Waals surface area contributed by atoms with E-state index in [1.165, 1.54) is 0 Å². The lowest BCUT2D eigenvalue weighted by Crippen LogP contribution is -2.50. The molecule has 1 rings (SSSR count). The van der Waals surface area contributed by atoms with Crippen molar-refractivity contribution >= 4 is 5.91 Å². The second kappa shape index (κ2) is 4.94. The lowest BCUT2D eigenvalue weighted by molar-refractivity contribution is -0.274. The average Bonchev–Trinajstić information content (AvgIpc) is 2.05. The molecule has 0 atom stereocenters. The fourth-order valence-corrected chi connectivity index (χ4v) is 1.78. The monoisotopic (exact) mass is 278 g/mol. The third-order valence-electron chi connectivity index (χ3n) is 2.75. The van der Waals surface area contributed by atoms with Gasteiger partial charge in [0, 0.05) is 12.6 Å². The molecule has 0 heterocycles. The normalized spacial score (nSPS) is 24.9. The Bertz CT molecular complexity index is 293. The van der Waals surface area contributed by atoms with Gasteiger partial charge in [-0.05, 0) is 18.8 Å². The molecule has 0 saturated heterocycles. The van der Waals surface area contributed by atoms with Crippen LogP contribution >= 0.6 is 0 Å². The van der Waals surface area contributed by atoms with Crippen LogP contribution < -0.4 is 11.1 Å². The van der Waals surface area contributed by atoms with Gasteiger partial charge in [-0.3, -0.25) is 4.79 Å². The van der Waals surface area contributed by atoms with Crippen molar-refractivity contribution in [3.63, 3.8) is 0 Å². The molecule has 0 spiro atoms. The largest absolute Gasteiger partial charge is 0.409 e. The predicted molar refractivity (Wildman–Crippen MR) is 49.3 cm³/mol. The van der Waals surface area contributed by atoms with Crippen molar-refractivity contribution in [2.24, 2.45) is 17.6 Å². The number of amides is 1. The highest BCUT2D eigenvalue weighted by Crippen LogP contribution is 2.39. The standard InChI is InChI=1S/C9H12F6N2O/c10-8(11,12)6(9(13,14)15)7(18)17-3-4-1-5(16)2-4/h4-6H,1-3,16H2,(H,17,18). The smallest absolute Gasteiger partial charge is 0.355 e. The Hall–Kier alpha value is -0.990. The zero-order chi connectivity index (χ0) is 14.1. The number of halogens is 6. The highest BCUT2D eigenvalue weighted by atomic mass is 19.4. The second-order valence-corrected chi connectivity index (χ2v) is 4.36. The minimum Gasteiger partial charge on any atom is -0.355 e. The first-order chi connectivity index (χ1) is 8.01. The van der Waals surface area contributed by atoms with E-state index >= 15 is 0 Å². The number of carbonyl (C=O) groups is 1. The highest BCUT2D eigenvalue weighted by Gasteiger charge is 2.61. The number of hydrogen-bond acceptors (Lipinski definition) is 2. The molecule has 1 aliphatic carbocycles. The van der Waals surface area contributed by atoms with Crippen LogP contribution in [0.3, 0.4) is 0 Å². The van der Waals surface area contributed by atoms with E-state index < -0.39 is 24.2 Å². The first kappa shape index (κ1) is 15.1. The van der Waals surface area contributed by atoms with Crippen molar-refractivity contribution in [1.29, 1.82) is 0 Å². The van der Waals surface area contributed by atoms with Gasteiger partial charge in [-0.15, -0.1) is 0 Å². The number of carbonyl (C=O) groups excluding carboxylic acids is 1. The molecule has 3 N–H and O–H groups in total. The van der Waals surface area contributed by atoms with E-state index in [1.54, 1.807) is 5.32 Å². The average molecular weight is 278 g/mol. The molecule has 0 bridgehead atoms. The van der Waals surface area contributed by atoms with E-state index in [0.29, 0.717) is 12.8 Å². The Labute approximate surface area is 98.7 Å². The third-order valence-corrected chi connectivity index (χ3v) is 2.75. The van der Waals surface area contributed by atoms with E-state index in [2.05, 4.69) is 0 Å². The molecule has 1 saturated carbocycles. The first-order valence-corrected chi connectivity index (χ1v) is 5.18. The molecule has 0 aromatic carbocycles. The van der Waals surface area contributed by atoms with Crippen molar-refractivity contribution in [3.05, 3.63) is 0 Å². The van der Waals surface area contributed by atoms with Gasteiger partial charge >= 0.3 is 12.4 Å². The number of nitrogens with two attached hydrogens (primary N) is 1. The lowest BCUT2D eigenvalue weighted by Gasteiger charge is -2.33. The summed E-state index contributed by atoms with van der Waals surface area (Å²) in [7, 11) is 0. The molecule has 0 aromatic heterocycles. The van der Waals surface area contributed by atoms with Gasteiger partial charge < -0.3 is 11.1 Å². The van der Waals surface area contributed by atoms with E-state index in [1.807, 2.05) is 0 Å². The summed E-state index contributed by atoms with van der Waals surface area (Å²) in [4.78, 5) is 11.0. The Morgan fingerprint density at radius 3 is 1.94 bits per heavy atom. The molecule has 3 nitrogen and oxygen atoms in total. The molecule has 1 amide bonds. The zero-order valence-corrected chi connectivity index (χ0v) is 9.11. The Morgan fingerprint density at radius 1 is 1.17 bits per heavy atom. The zero-order valence-electron chi connectivity index (χ0n) is 9.11. The van der Waals surface area contributed by atoms with Crippen LogP contribution in [0.2, 0.25) is 0 Å². The first-order valence-electron chi connectivity index (χ1n) is 5.18. The molecule has 1 fully saturated rings. The van der Waals surface area contributed by atoms with Crippen LogP contribution in [0.25, 0.3) is 0 Å². The molecular formula is C9H12F6N2O. The highest BCUT2D eigenvalue weighted by molar-refractivity contribution is 5.80. The van der Waals surface area contributed by atoms with Crippen molar-refractivity contribution in [3.8, 4) is 0 Å². The fraction of sp³-hybridized carbons (Fsp3) is 0.889. The van der Waals surface area contributed by atoms with Crippen LogP contribution in [0.5, 0.6) is 0 Å². The molecule has 1 aliphatic rings. The molecule has 0 aliphatic heterocycles. The quantitative estimate of drug-likeness (QED) is 0.770. The van der Waals surface area contributed by atoms with Crippen molar-refractivity contribution in [2.75, 3.05) is 6.54 Å². The molecule has 18 heavy (non-hydrogen) atoms.